The first-order valence-corrected chi connectivity index (χ1v) is 16.7. The van der Waals surface area contributed by atoms with Crippen LogP contribution >= 0.6 is 11.8 Å². The van der Waals surface area contributed by atoms with Gasteiger partial charge in [-0.15, -0.1) is 0 Å². The molecule has 0 radical (unpaired) electrons. The quantitative estimate of drug-likeness (QED) is 0.186. The van der Waals surface area contributed by atoms with Gasteiger partial charge in [0.2, 0.25) is 0 Å². The van der Waals surface area contributed by atoms with Crippen molar-refractivity contribution in [3.63, 3.8) is 0 Å². The molecule has 4 aromatic rings. The number of benzene rings is 4. The molecule has 43 heavy (non-hydrogen) atoms. The summed E-state index contributed by atoms with van der Waals surface area (Å²) in [5.74, 6) is -0.237. The van der Waals surface area contributed by atoms with Crippen molar-refractivity contribution in [2.45, 2.75) is 37.8 Å². The summed E-state index contributed by atoms with van der Waals surface area (Å²) in [4.78, 5) is 26.3. The van der Waals surface area contributed by atoms with E-state index in [1.54, 1.807) is 72.4 Å². The van der Waals surface area contributed by atoms with Gasteiger partial charge in [0.15, 0.2) is 0 Å². The van der Waals surface area contributed by atoms with Gasteiger partial charge in [0.05, 0.1) is 24.2 Å². The molecule has 7 nitrogen and oxygen atoms in total. The first-order chi connectivity index (χ1) is 20.6. The second-order valence-electron chi connectivity index (χ2n) is 10.2. The van der Waals surface area contributed by atoms with Crippen LogP contribution in [0.1, 0.15) is 33.5 Å². The van der Waals surface area contributed by atoms with Gasteiger partial charge >= 0.3 is 5.97 Å². The highest BCUT2D eigenvalue weighted by atomic mass is 32.2. The summed E-state index contributed by atoms with van der Waals surface area (Å²) < 4.78 is 34.2. The van der Waals surface area contributed by atoms with Crippen molar-refractivity contribution in [3.05, 3.63) is 119 Å². The Bertz CT molecular complexity index is 1670. The summed E-state index contributed by atoms with van der Waals surface area (Å²) in [7, 11) is -2.61. The van der Waals surface area contributed by atoms with Gasteiger partial charge in [-0.1, -0.05) is 66.2 Å². The molecule has 0 saturated heterocycles. The molecule has 0 aliphatic carbocycles. The third-order valence-corrected chi connectivity index (χ3v) is 9.58. The van der Waals surface area contributed by atoms with Crippen LogP contribution < -0.4 is 9.62 Å². The van der Waals surface area contributed by atoms with Crippen LogP contribution in [-0.4, -0.2) is 45.5 Å². The number of anilines is 1. The van der Waals surface area contributed by atoms with Crippen molar-refractivity contribution in [2.75, 3.05) is 23.4 Å². The second-order valence-corrected chi connectivity index (χ2v) is 13.0. The fraction of sp³-hybridized carbons (Fsp3) is 0.235. The smallest absolute Gasteiger partial charge is 0.328 e. The molecule has 0 bridgehead atoms. The van der Waals surface area contributed by atoms with E-state index in [1.165, 1.54) is 11.4 Å². The number of amides is 1. The molecule has 0 aliphatic rings. The molecule has 0 aliphatic heterocycles. The number of aryl methyl sites for hydroxylation is 2. The number of carbonyl (C=O) groups is 2. The first kappa shape index (κ1) is 31.8. The van der Waals surface area contributed by atoms with E-state index in [-0.39, 0.29) is 11.4 Å². The number of nitrogens with one attached hydrogen (secondary N) is 1. The number of hydrogen-bond acceptors (Lipinski definition) is 6. The van der Waals surface area contributed by atoms with Gasteiger partial charge in [-0.3, -0.25) is 9.10 Å². The van der Waals surface area contributed by atoms with Crippen LogP contribution in [0.3, 0.4) is 0 Å². The average molecular weight is 617 g/mol. The predicted molar refractivity (Wildman–Crippen MR) is 174 cm³/mol. The Morgan fingerprint density at radius 1 is 0.884 bits per heavy atom. The predicted octanol–water partition coefficient (Wildman–Crippen LogP) is 6.39. The molecule has 224 valence electrons. The molecule has 1 atom stereocenters. The maximum absolute atomic E-state index is 13.9. The molecule has 4 aromatic carbocycles. The molecule has 1 amide bonds. The van der Waals surface area contributed by atoms with E-state index in [0.29, 0.717) is 34.6 Å². The number of sulfonamides is 1. The lowest BCUT2D eigenvalue weighted by molar-refractivity contribution is -0.142. The standard InChI is InChI=1S/C34H36N2O5S2/c1-24-14-17-28(18-15-24)43(39,40)36(27-11-6-5-7-12-27)23-26-16-19-30(31(22-26)29-13-9-8-10-25(29)2)33(37)35-32(20-21-42-4)34(38)41-3/h5-19,22,32H,20-21,23H2,1-4H3,(H,35,37)/t32-/m0/s1. The molecule has 0 saturated carbocycles. The van der Waals surface area contributed by atoms with Gasteiger partial charge in [-0.05, 0) is 90.9 Å². The van der Waals surface area contributed by atoms with E-state index in [4.69, 9.17) is 4.74 Å². The summed E-state index contributed by atoms with van der Waals surface area (Å²) in [6.45, 7) is 3.91. The molecule has 1 N–H and O–H groups in total. The van der Waals surface area contributed by atoms with Crippen LogP contribution in [0.25, 0.3) is 11.1 Å². The highest BCUT2D eigenvalue weighted by Gasteiger charge is 2.27. The van der Waals surface area contributed by atoms with Gasteiger partial charge in [-0.25, -0.2) is 13.2 Å². The van der Waals surface area contributed by atoms with E-state index >= 15 is 0 Å². The minimum atomic E-state index is -3.92. The van der Waals surface area contributed by atoms with E-state index in [9.17, 15) is 18.0 Å². The van der Waals surface area contributed by atoms with Gasteiger partial charge < -0.3 is 10.1 Å². The van der Waals surface area contributed by atoms with Gasteiger partial charge in [0, 0.05) is 5.56 Å². The maximum atomic E-state index is 13.9. The van der Waals surface area contributed by atoms with Crippen LogP contribution in [0, 0.1) is 13.8 Å². The number of esters is 1. The molecular formula is C34H36N2O5S2. The lowest BCUT2D eigenvalue weighted by Gasteiger charge is -2.25. The molecule has 9 heteroatoms. The van der Waals surface area contributed by atoms with Crippen LogP contribution in [0.15, 0.2) is 102 Å². The summed E-state index contributed by atoms with van der Waals surface area (Å²) >= 11 is 1.58. The number of para-hydroxylation sites is 1. The molecule has 0 aromatic heterocycles. The van der Waals surface area contributed by atoms with Crippen LogP contribution in [0.2, 0.25) is 0 Å². The van der Waals surface area contributed by atoms with Crippen LogP contribution in [0.4, 0.5) is 5.69 Å². The van der Waals surface area contributed by atoms with Crippen molar-refractivity contribution in [1.29, 1.82) is 0 Å². The normalized spacial score (nSPS) is 11.9. The zero-order valence-electron chi connectivity index (χ0n) is 24.7. The minimum absolute atomic E-state index is 0.0412. The third kappa shape index (κ3) is 7.66. The average Bonchev–Trinajstić information content (AvgIpc) is 3.02. The molecule has 0 spiro atoms. The lowest BCUT2D eigenvalue weighted by atomic mass is 9.93. The number of nitrogens with zero attached hydrogens (tertiary/aromatic N) is 1. The Balaban J connectivity index is 1.78. The van der Waals surface area contributed by atoms with Gasteiger partial charge in [0.1, 0.15) is 6.04 Å². The monoisotopic (exact) mass is 616 g/mol. The fourth-order valence-corrected chi connectivity index (χ4v) is 6.69. The summed E-state index contributed by atoms with van der Waals surface area (Å²) in [5.41, 5.74) is 4.99. The zero-order valence-corrected chi connectivity index (χ0v) is 26.4. The molecule has 0 heterocycles. The van der Waals surface area contributed by atoms with Crippen molar-refractivity contribution in [2.24, 2.45) is 0 Å². The Hall–Kier alpha value is -4.08. The number of ether oxygens (including phenoxy) is 1. The first-order valence-electron chi connectivity index (χ1n) is 13.9. The Kier molecular flexibility index (Phi) is 10.7. The molecule has 0 unspecified atom stereocenters. The van der Waals surface area contributed by atoms with Crippen molar-refractivity contribution < 1.29 is 22.7 Å². The van der Waals surface area contributed by atoms with Crippen molar-refractivity contribution >= 4 is 39.3 Å². The third-order valence-electron chi connectivity index (χ3n) is 7.14. The Morgan fingerprint density at radius 2 is 1.56 bits per heavy atom. The van der Waals surface area contributed by atoms with E-state index in [0.717, 1.165) is 16.7 Å². The minimum Gasteiger partial charge on any atom is -0.467 e. The number of methoxy groups -OCH3 is 1. The van der Waals surface area contributed by atoms with E-state index in [2.05, 4.69) is 5.32 Å². The highest BCUT2D eigenvalue weighted by Crippen LogP contribution is 2.31. The summed E-state index contributed by atoms with van der Waals surface area (Å²) in [6, 6.07) is 27.9. The largest absolute Gasteiger partial charge is 0.467 e. The SMILES string of the molecule is COC(=O)[C@H](CCSC)NC(=O)c1ccc(CN(c2ccccc2)S(=O)(=O)c2ccc(C)cc2)cc1-c1ccccc1C. The second kappa shape index (κ2) is 14.4. The number of rotatable bonds is 12. The zero-order chi connectivity index (χ0) is 31.0. The van der Waals surface area contributed by atoms with E-state index < -0.39 is 27.9 Å². The van der Waals surface area contributed by atoms with Crippen molar-refractivity contribution in [1.82, 2.24) is 5.32 Å². The Labute approximate surface area is 258 Å². The summed E-state index contributed by atoms with van der Waals surface area (Å²) in [5, 5.41) is 2.85. The lowest BCUT2D eigenvalue weighted by Crippen LogP contribution is -2.42. The highest BCUT2D eigenvalue weighted by molar-refractivity contribution is 7.98. The summed E-state index contributed by atoms with van der Waals surface area (Å²) in [6.07, 6.45) is 2.36. The number of hydrogen-bond donors (Lipinski definition) is 1. The molecule has 4 rings (SSSR count). The van der Waals surface area contributed by atoms with Gasteiger partial charge in [0.25, 0.3) is 15.9 Å². The Morgan fingerprint density at radius 3 is 2.21 bits per heavy atom. The number of carbonyl (C=O) groups excluding carboxylic acids is 2. The van der Waals surface area contributed by atoms with Crippen LogP contribution in [-0.2, 0) is 26.1 Å². The topological polar surface area (TPSA) is 92.8 Å². The molecule has 0 fully saturated rings. The fourth-order valence-electron chi connectivity index (χ4n) is 4.76. The van der Waals surface area contributed by atoms with Crippen LogP contribution in [0.5, 0.6) is 0 Å². The number of thioether (sulfide) groups is 1. The van der Waals surface area contributed by atoms with E-state index in [1.807, 2.05) is 56.5 Å². The molecular weight excluding hydrogens is 581 g/mol. The van der Waals surface area contributed by atoms with Crippen molar-refractivity contribution in [3.8, 4) is 11.1 Å². The van der Waals surface area contributed by atoms with Gasteiger partial charge in [-0.2, -0.15) is 11.8 Å². The maximum Gasteiger partial charge on any atom is 0.328 e.